The molecule has 0 saturated carbocycles. The number of hydrogen-bond acceptors (Lipinski definition) is 10. The van der Waals surface area contributed by atoms with Gasteiger partial charge in [-0.15, -0.1) is 0 Å². The summed E-state index contributed by atoms with van der Waals surface area (Å²) >= 11 is 0. The molecule has 1 fully saturated rings. The lowest BCUT2D eigenvalue weighted by Crippen LogP contribution is -2.42. The van der Waals surface area contributed by atoms with Gasteiger partial charge in [-0.25, -0.2) is 14.2 Å². The molecule has 2 aliphatic rings. The van der Waals surface area contributed by atoms with Crippen LogP contribution in [-0.4, -0.2) is 54.5 Å². The summed E-state index contributed by atoms with van der Waals surface area (Å²) < 4.78 is 26.7. The summed E-state index contributed by atoms with van der Waals surface area (Å²) in [5.74, 6) is -1.28. The van der Waals surface area contributed by atoms with Crippen molar-refractivity contribution in [3.8, 4) is 5.75 Å². The highest BCUT2D eigenvalue weighted by atomic mass is 19.1. The second-order valence-electron chi connectivity index (χ2n) is 9.77. The van der Waals surface area contributed by atoms with Crippen molar-refractivity contribution in [2.24, 2.45) is 0 Å². The van der Waals surface area contributed by atoms with Crippen LogP contribution in [0.1, 0.15) is 54.8 Å². The van der Waals surface area contributed by atoms with E-state index in [1.165, 1.54) is 33.4 Å². The van der Waals surface area contributed by atoms with Gasteiger partial charge in [0.2, 0.25) is 5.75 Å². The number of ether oxygens (including phenoxy) is 2. The number of fused-ring (bicyclic) bond motifs is 1. The molecule has 1 amide bonds. The van der Waals surface area contributed by atoms with Gasteiger partial charge in [-0.05, 0) is 50.5 Å². The molecule has 2 aromatic heterocycles. The number of aromatic nitrogens is 4. The van der Waals surface area contributed by atoms with Crippen LogP contribution in [0.3, 0.4) is 0 Å². The Kier molecular flexibility index (Phi) is 8.61. The zero-order valence-electron chi connectivity index (χ0n) is 22.0. The molecule has 2 aliphatic heterocycles. The highest BCUT2D eigenvalue weighted by molar-refractivity contribution is 5.94. The number of amides is 1. The van der Waals surface area contributed by atoms with Crippen molar-refractivity contribution in [2.45, 2.75) is 57.7 Å². The van der Waals surface area contributed by atoms with Gasteiger partial charge in [0.05, 0.1) is 25.9 Å². The van der Waals surface area contributed by atoms with Gasteiger partial charge in [0.15, 0.2) is 5.69 Å². The van der Waals surface area contributed by atoms with E-state index in [0.29, 0.717) is 18.6 Å². The molecule has 5 N–H and O–H groups in total. The van der Waals surface area contributed by atoms with Crippen LogP contribution in [-0.2, 0) is 28.2 Å². The molecule has 13 nitrogen and oxygen atoms in total. The molecule has 1 saturated heterocycles. The number of carbonyl (C=O) groups is 1. The fourth-order valence-electron chi connectivity index (χ4n) is 4.37. The monoisotopic (exact) mass is 558 g/mol. The Morgan fingerprint density at radius 1 is 1.20 bits per heavy atom. The molecule has 0 radical (unpaired) electrons. The highest BCUT2D eigenvalue weighted by Crippen LogP contribution is 2.28. The smallest absolute Gasteiger partial charge is 0.351 e. The molecule has 0 unspecified atom stereocenters. The maximum atomic E-state index is 12.9. The van der Waals surface area contributed by atoms with E-state index in [1.54, 1.807) is 26.1 Å². The number of aliphatic hydroxyl groups is 1. The van der Waals surface area contributed by atoms with Gasteiger partial charge in [-0.2, -0.15) is 4.98 Å². The summed E-state index contributed by atoms with van der Waals surface area (Å²) in [4.78, 5) is 43.9. The largest absolute Gasteiger partial charge is 0.501 e. The van der Waals surface area contributed by atoms with Crippen molar-refractivity contribution in [1.29, 1.82) is 0 Å². The summed E-state index contributed by atoms with van der Waals surface area (Å²) in [6, 6.07) is 7.17. The fourth-order valence-corrected chi connectivity index (χ4v) is 4.37. The molecule has 2 atom stereocenters. The first-order valence-corrected chi connectivity index (χ1v) is 12.6. The number of hydrogen-bond donors (Lipinski definition) is 4. The number of nitrogen functional groups attached to an aromatic ring is 1. The van der Waals surface area contributed by atoms with Crippen LogP contribution in [0.2, 0.25) is 0 Å². The Morgan fingerprint density at radius 2 is 1.93 bits per heavy atom. The average Bonchev–Trinajstić information content (AvgIpc) is 3.40. The SMILES string of the molecule is CC1(C)OCCn2c1nc(C(=O)NCc1ccc(F)cc1)c(O)c2=O.Nc1ccn([C@H]2CC[C@@H](CO)O2)c(=O)n1. The highest BCUT2D eigenvalue weighted by Gasteiger charge is 2.34. The van der Waals surface area contributed by atoms with E-state index in [-0.39, 0.29) is 55.2 Å². The number of rotatable bonds is 5. The van der Waals surface area contributed by atoms with Crippen LogP contribution in [0, 0.1) is 5.82 Å². The summed E-state index contributed by atoms with van der Waals surface area (Å²) in [5, 5.41) is 21.5. The van der Waals surface area contributed by atoms with Crippen molar-refractivity contribution < 1.29 is 28.9 Å². The first-order valence-electron chi connectivity index (χ1n) is 12.6. The van der Waals surface area contributed by atoms with E-state index in [4.69, 9.17) is 20.3 Å². The maximum Gasteiger partial charge on any atom is 0.351 e. The Bertz CT molecular complexity index is 1490. The number of nitrogens with one attached hydrogen (secondary N) is 1. The van der Waals surface area contributed by atoms with E-state index in [1.807, 2.05) is 0 Å². The number of nitrogens with zero attached hydrogens (tertiary/aromatic N) is 4. The Morgan fingerprint density at radius 3 is 2.58 bits per heavy atom. The number of halogens is 1. The minimum Gasteiger partial charge on any atom is -0.501 e. The third-order valence-electron chi connectivity index (χ3n) is 6.49. The predicted octanol–water partition coefficient (Wildman–Crippen LogP) is 0.779. The number of anilines is 1. The van der Waals surface area contributed by atoms with Gasteiger partial charge in [0, 0.05) is 12.7 Å². The van der Waals surface area contributed by atoms with Crippen LogP contribution in [0.5, 0.6) is 5.75 Å². The molecule has 14 heteroatoms. The van der Waals surface area contributed by atoms with E-state index >= 15 is 0 Å². The molecule has 214 valence electrons. The quantitative estimate of drug-likeness (QED) is 0.349. The molecule has 5 rings (SSSR count). The summed E-state index contributed by atoms with van der Waals surface area (Å²) in [5.41, 5.74) is 3.76. The van der Waals surface area contributed by atoms with Gasteiger partial charge < -0.3 is 30.7 Å². The molecule has 40 heavy (non-hydrogen) atoms. The molecular formula is C26H31FN6O7. The van der Waals surface area contributed by atoms with Crippen molar-refractivity contribution in [3.63, 3.8) is 0 Å². The zero-order chi connectivity index (χ0) is 29.0. The molecular weight excluding hydrogens is 527 g/mol. The molecule has 0 aliphatic carbocycles. The number of benzene rings is 1. The first kappa shape index (κ1) is 28.9. The first-order chi connectivity index (χ1) is 19.0. The third kappa shape index (κ3) is 6.35. The van der Waals surface area contributed by atoms with Crippen molar-refractivity contribution in [1.82, 2.24) is 24.4 Å². The Labute approximate surface area is 228 Å². The normalized spacial score (nSPS) is 19.3. The number of nitrogens with two attached hydrogens (primary N) is 1. The summed E-state index contributed by atoms with van der Waals surface area (Å²) in [7, 11) is 0. The lowest BCUT2D eigenvalue weighted by molar-refractivity contribution is -0.0566. The second-order valence-corrected chi connectivity index (χ2v) is 9.77. The summed E-state index contributed by atoms with van der Waals surface area (Å²) in [6.45, 7) is 4.14. The van der Waals surface area contributed by atoms with E-state index in [0.717, 1.165) is 6.42 Å². The van der Waals surface area contributed by atoms with E-state index < -0.39 is 28.5 Å². The van der Waals surface area contributed by atoms with Crippen LogP contribution in [0.15, 0.2) is 46.1 Å². The number of carbonyl (C=O) groups excluding carboxylic acids is 1. The lowest BCUT2D eigenvalue weighted by Gasteiger charge is -2.32. The van der Waals surface area contributed by atoms with Crippen LogP contribution in [0.25, 0.3) is 0 Å². The van der Waals surface area contributed by atoms with Gasteiger partial charge in [-0.1, -0.05) is 12.1 Å². The zero-order valence-corrected chi connectivity index (χ0v) is 22.0. The number of aromatic hydroxyl groups is 1. The number of aliphatic hydroxyl groups excluding tert-OH is 1. The van der Waals surface area contributed by atoms with Crippen molar-refractivity contribution in [3.05, 3.63) is 80.3 Å². The van der Waals surface area contributed by atoms with E-state index in [2.05, 4.69) is 15.3 Å². The maximum absolute atomic E-state index is 12.9. The molecule has 3 aromatic rings. The molecule has 1 aromatic carbocycles. The Balaban J connectivity index is 0.000000210. The Hall–Kier alpha value is -4.14. The molecule has 0 spiro atoms. The second kappa shape index (κ2) is 11.9. The minimum atomic E-state index is -0.850. The third-order valence-corrected chi connectivity index (χ3v) is 6.49. The molecule has 4 heterocycles. The lowest BCUT2D eigenvalue weighted by atomic mass is 10.1. The standard InChI is InChI=1S/C17H18FN3O4.C9H13N3O3/c1-17(2)16-20-12(13(22)15(24)21(16)7-8-25-17)14(23)19-9-10-3-5-11(18)6-4-10;10-7-3-4-12(9(14)11-7)8-2-1-6(5-13)15-8/h3-6,22H,7-9H2,1-2H3,(H,19,23);3-4,6,8,13H,1-2,5H2,(H2,10,11,14)/t;6-,8+/m.0/s1. The van der Waals surface area contributed by atoms with E-state index in [9.17, 15) is 23.9 Å². The van der Waals surface area contributed by atoms with Gasteiger partial charge in [-0.3, -0.25) is 18.7 Å². The van der Waals surface area contributed by atoms with Crippen LogP contribution >= 0.6 is 0 Å². The van der Waals surface area contributed by atoms with Gasteiger partial charge in [0.1, 0.15) is 29.3 Å². The van der Waals surface area contributed by atoms with Gasteiger partial charge >= 0.3 is 5.69 Å². The fraction of sp³-hybridized carbons (Fsp3) is 0.423. The molecule has 0 bridgehead atoms. The topological polar surface area (TPSA) is 184 Å². The van der Waals surface area contributed by atoms with Crippen LogP contribution in [0.4, 0.5) is 10.2 Å². The predicted molar refractivity (Wildman–Crippen MR) is 140 cm³/mol. The van der Waals surface area contributed by atoms with Crippen molar-refractivity contribution in [2.75, 3.05) is 18.9 Å². The van der Waals surface area contributed by atoms with Crippen LogP contribution < -0.4 is 22.3 Å². The average molecular weight is 559 g/mol. The van der Waals surface area contributed by atoms with Gasteiger partial charge in [0.25, 0.3) is 11.5 Å². The summed E-state index contributed by atoms with van der Waals surface area (Å²) in [6.07, 6.45) is 2.51. The minimum absolute atomic E-state index is 0.0202. The van der Waals surface area contributed by atoms with Crippen molar-refractivity contribution >= 4 is 11.7 Å².